The molecule has 0 amide bonds. The van der Waals surface area contributed by atoms with Gasteiger partial charge in [-0.2, -0.15) is 4.39 Å². The average Bonchev–Trinajstić information content (AvgIpc) is 2.24. The first-order chi connectivity index (χ1) is 7.53. The molecule has 0 atom stereocenters. The molecule has 0 unspecified atom stereocenters. The van der Waals surface area contributed by atoms with Gasteiger partial charge in [0.1, 0.15) is 12.1 Å². The van der Waals surface area contributed by atoms with Crippen LogP contribution in [0.15, 0.2) is 12.4 Å². The summed E-state index contributed by atoms with van der Waals surface area (Å²) in [5, 5.41) is 11.8. The van der Waals surface area contributed by atoms with E-state index < -0.39 is 5.95 Å². The summed E-state index contributed by atoms with van der Waals surface area (Å²) >= 11 is 0. The summed E-state index contributed by atoms with van der Waals surface area (Å²) in [6.07, 6.45) is 2.87. The van der Waals surface area contributed by atoms with Crippen molar-refractivity contribution in [1.29, 1.82) is 0 Å². The molecule has 1 rings (SSSR count). The summed E-state index contributed by atoms with van der Waals surface area (Å²) in [5.41, 5.74) is 0.0458. The van der Waals surface area contributed by atoms with Crippen LogP contribution in [0.25, 0.3) is 0 Å². The first-order valence-electron chi connectivity index (χ1n) is 5.36. The van der Waals surface area contributed by atoms with Crippen LogP contribution in [-0.4, -0.2) is 28.2 Å². The molecule has 0 radical (unpaired) electrons. The molecule has 16 heavy (non-hydrogen) atoms. The molecule has 0 spiro atoms. The lowest BCUT2D eigenvalue weighted by Crippen LogP contribution is -2.23. The normalized spacial score (nSPS) is 11.5. The Kier molecular flexibility index (Phi) is 4.61. The van der Waals surface area contributed by atoms with Crippen LogP contribution in [0.4, 0.5) is 10.2 Å². The first kappa shape index (κ1) is 12.8. The highest BCUT2D eigenvalue weighted by Gasteiger charge is 2.17. The minimum Gasteiger partial charge on any atom is -0.396 e. The summed E-state index contributed by atoms with van der Waals surface area (Å²) in [6, 6.07) is 1.27. The topological polar surface area (TPSA) is 58.0 Å². The molecule has 5 heteroatoms. The van der Waals surface area contributed by atoms with Gasteiger partial charge < -0.3 is 10.4 Å². The first-order valence-corrected chi connectivity index (χ1v) is 5.36. The maximum Gasteiger partial charge on any atom is 0.217 e. The summed E-state index contributed by atoms with van der Waals surface area (Å²) < 4.78 is 12.8. The Labute approximate surface area is 94.9 Å². The minimum atomic E-state index is -0.536. The second-order valence-electron chi connectivity index (χ2n) is 4.57. The number of anilines is 1. The summed E-state index contributed by atoms with van der Waals surface area (Å²) in [7, 11) is 0. The van der Waals surface area contributed by atoms with Crippen LogP contribution in [0.3, 0.4) is 0 Å². The molecule has 1 aromatic rings. The summed E-state index contributed by atoms with van der Waals surface area (Å²) in [4.78, 5) is 7.29. The van der Waals surface area contributed by atoms with Crippen molar-refractivity contribution in [2.75, 3.05) is 18.5 Å². The Bertz CT molecular complexity index is 331. The maximum atomic E-state index is 12.8. The molecule has 2 N–H and O–H groups in total. The zero-order chi connectivity index (χ0) is 12.0. The SMILES string of the molecule is CC(C)(CCCO)CNc1cc(F)ncn1. The molecule has 4 nitrogen and oxygen atoms in total. The number of nitrogens with zero attached hydrogens (tertiary/aromatic N) is 2. The Morgan fingerprint density at radius 2 is 2.19 bits per heavy atom. The minimum absolute atomic E-state index is 0.0458. The fraction of sp³-hybridized carbons (Fsp3) is 0.636. The number of hydrogen-bond acceptors (Lipinski definition) is 4. The van der Waals surface area contributed by atoms with Crippen molar-refractivity contribution in [3.8, 4) is 0 Å². The van der Waals surface area contributed by atoms with E-state index in [4.69, 9.17) is 5.11 Å². The number of nitrogens with one attached hydrogen (secondary N) is 1. The zero-order valence-electron chi connectivity index (χ0n) is 9.70. The van der Waals surface area contributed by atoms with E-state index in [1.807, 2.05) is 0 Å². The van der Waals surface area contributed by atoms with Crippen LogP contribution < -0.4 is 5.32 Å². The van der Waals surface area contributed by atoms with Crippen molar-refractivity contribution in [2.24, 2.45) is 5.41 Å². The number of hydrogen-bond donors (Lipinski definition) is 2. The van der Waals surface area contributed by atoms with Gasteiger partial charge >= 0.3 is 0 Å². The molecule has 0 aliphatic heterocycles. The largest absolute Gasteiger partial charge is 0.396 e. The third-order valence-corrected chi connectivity index (χ3v) is 2.39. The molecule has 1 heterocycles. The number of halogens is 1. The molecule has 0 saturated carbocycles. The van der Waals surface area contributed by atoms with Gasteiger partial charge in [0, 0.05) is 19.2 Å². The Hall–Kier alpha value is -1.23. The van der Waals surface area contributed by atoms with Gasteiger partial charge in [-0.05, 0) is 18.3 Å². The van der Waals surface area contributed by atoms with E-state index in [-0.39, 0.29) is 12.0 Å². The van der Waals surface area contributed by atoms with Crippen molar-refractivity contribution in [1.82, 2.24) is 9.97 Å². The van der Waals surface area contributed by atoms with Crippen LogP contribution in [-0.2, 0) is 0 Å². The lowest BCUT2D eigenvalue weighted by molar-refractivity contribution is 0.248. The third kappa shape index (κ3) is 4.53. The molecule has 1 aromatic heterocycles. The smallest absolute Gasteiger partial charge is 0.217 e. The van der Waals surface area contributed by atoms with Gasteiger partial charge in [0.05, 0.1) is 0 Å². The molecule has 0 saturated heterocycles. The molecule has 0 aliphatic carbocycles. The van der Waals surface area contributed by atoms with E-state index in [0.29, 0.717) is 12.4 Å². The molecule has 90 valence electrons. The van der Waals surface area contributed by atoms with Crippen molar-refractivity contribution in [3.05, 3.63) is 18.3 Å². The predicted molar refractivity (Wildman–Crippen MR) is 60.6 cm³/mol. The van der Waals surface area contributed by atoms with Crippen LogP contribution >= 0.6 is 0 Å². The number of aliphatic hydroxyl groups excluding tert-OH is 1. The lowest BCUT2D eigenvalue weighted by atomic mass is 9.88. The molecular weight excluding hydrogens is 209 g/mol. The Balaban J connectivity index is 2.44. The van der Waals surface area contributed by atoms with Crippen molar-refractivity contribution >= 4 is 5.82 Å². The van der Waals surface area contributed by atoms with Crippen LogP contribution in [0, 0.1) is 11.4 Å². The fourth-order valence-corrected chi connectivity index (χ4v) is 1.41. The Morgan fingerprint density at radius 1 is 1.44 bits per heavy atom. The highest BCUT2D eigenvalue weighted by Crippen LogP contribution is 2.22. The van der Waals surface area contributed by atoms with Gasteiger partial charge in [0.2, 0.25) is 5.95 Å². The number of aliphatic hydroxyl groups is 1. The zero-order valence-corrected chi connectivity index (χ0v) is 9.70. The van der Waals surface area contributed by atoms with Crippen LogP contribution in [0.2, 0.25) is 0 Å². The molecule has 0 fully saturated rings. The molecule has 0 aromatic carbocycles. The standard InChI is InChI=1S/C11H18FN3O/c1-11(2,4-3-5-16)7-13-10-6-9(12)14-8-15-10/h6,8,16H,3-5,7H2,1-2H3,(H,13,14,15). The van der Waals surface area contributed by atoms with Crippen LogP contribution in [0.5, 0.6) is 0 Å². The van der Waals surface area contributed by atoms with E-state index in [2.05, 4.69) is 29.1 Å². The van der Waals surface area contributed by atoms with Gasteiger partial charge in [-0.1, -0.05) is 13.8 Å². The van der Waals surface area contributed by atoms with E-state index >= 15 is 0 Å². The quantitative estimate of drug-likeness (QED) is 0.728. The van der Waals surface area contributed by atoms with Crippen molar-refractivity contribution in [2.45, 2.75) is 26.7 Å². The van der Waals surface area contributed by atoms with Gasteiger partial charge in [-0.3, -0.25) is 0 Å². The van der Waals surface area contributed by atoms with Gasteiger partial charge in [-0.15, -0.1) is 0 Å². The summed E-state index contributed by atoms with van der Waals surface area (Å²) in [5.74, 6) is -0.0461. The molecular formula is C11H18FN3O. The predicted octanol–water partition coefficient (Wildman–Crippen LogP) is 1.83. The van der Waals surface area contributed by atoms with Crippen LogP contribution in [0.1, 0.15) is 26.7 Å². The average molecular weight is 227 g/mol. The second kappa shape index (κ2) is 5.75. The Morgan fingerprint density at radius 3 is 2.81 bits per heavy atom. The van der Waals surface area contributed by atoms with Gasteiger partial charge in [0.25, 0.3) is 0 Å². The number of aromatic nitrogens is 2. The van der Waals surface area contributed by atoms with Crippen molar-refractivity contribution in [3.63, 3.8) is 0 Å². The third-order valence-electron chi connectivity index (χ3n) is 2.39. The van der Waals surface area contributed by atoms with Gasteiger partial charge in [0.15, 0.2) is 0 Å². The van der Waals surface area contributed by atoms with E-state index in [1.54, 1.807) is 0 Å². The van der Waals surface area contributed by atoms with Crippen molar-refractivity contribution < 1.29 is 9.50 Å². The summed E-state index contributed by atoms with van der Waals surface area (Å²) in [6.45, 7) is 5.06. The molecule has 0 aliphatic rings. The van der Waals surface area contributed by atoms with E-state index in [9.17, 15) is 4.39 Å². The molecule has 0 bridgehead atoms. The number of rotatable bonds is 6. The highest BCUT2D eigenvalue weighted by atomic mass is 19.1. The maximum absolute atomic E-state index is 12.8. The highest BCUT2D eigenvalue weighted by molar-refractivity contribution is 5.32. The second-order valence-corrected chi connectivity index (χ2v) is 4.57. The van der Waals surface area contributed by atoms with Gasteiger partial charge in [-0.25, -0.2) is 9.97 Å². The lowest BCUT2D eigenvalue weighted by Gasteiger charge is -2.24. The van der Waals surface area contributed by atoms with E-state index in [0.717, 1.165) is 12.8 Å². The monoisotopic (exact) mass is 227 g/mol. The van der Waals surface area contributed by atoms with E-state index in [1.165, 1.54) is 12.4 Å². The fourth-order valence-electron chi connectivity index (χ4n) is 1.41.